The quantitative estimate of drug-likeness (QED) is 0.817. The molecule has 114 valence electrons. The smallest absolute Gasteiger partial charge is 0.220 e. The van der Waals surface area contributed by atoms with Crippen molar-refractivity contribution in [2.45, 2.75) is 59.4 Å². The molecule has 2 N–H and O–H groups in total. The van der Waals surface area contributed by atoms with Crippen LogP contribution in [0.1, 0.15) is 53.4 Å². The first-order chi connectivity index (χ1) is 8.32. The summed E-state index contributed by atoms with van der Waals surface area (Å²) in [5.41, 5.74) is 0.404. The Balaban J connectivity index is 0.00000324. The average molecular weight is 291 g/mol. The van der Waals surface area contributed by atoms with Gasteiger partial charge >= 0.3 is 0 Å². The predicted molar refractivity (Wildman–Crippen MR) is 83.7 cm³/mol. The van der Waals surface area contributed by atoms with E-state index in [4.69, 9.17) is 0 Å². The molecule has 0 aromatic carbocycles. The number of hydrogen-bond donors (Lipinski definition) is 2. The monoisotopic (exact) mass is 290 g/mol. The Morgan fingerprint density at radius 1 is 1.37 bits per heavy atom. The lowest BCUT2D eigenvalue weighted by molar-refractivity contribution is -0.122. The minimum Gasteiger partial charge on any atom is -0.355 e. The fourth-order valence-corrected chi connectivity index (χ4v) is 3.40. The van der Waals surface area contributed by atoms with Gasteiger partial charge in [0, 0.05) is 19.0 Å². The first-order valence-electron chi connectivity index (χ1n) is 7.26. The molecule has 0 heterocycles. The van der Waals surface area contributed by atoms with Crippen molar-refractivity contribution in [2.75, 3.05) is 13.6 Å². The zero-order chi connectivity index (χ0) is 13.8. The second-order valence-electron chi connectivity index (χ2n) is 6.98. The molecular weight excluding hydrogens is 260 g/mol. The lowest BCUT2D eigenvalue weighted by Gasteiger charge is -2.38. The van der Waals surface area contributed by atoms with Crippen molar-refractivity contribution in [3.8, 4) is 0 Å². The van der Waals surface area contributed by atoms with Gasteiger partial charge in [-0.25, -0.2) is 0 Å². The van der Waals surface area contributed by atoms with Crippen LogP contribution < -0.4 is 10.6 Å². The van der Waals surface area contributed by atoms with Crippen molar-refractivity contribution in [1.29, 1.82) is 0 Å². The van der Waals surface area contributed by atoms with E-state index >= 15 is 0 Å². The van der Waals surface area contributed by atoms with Crippen molar-refractivity contribution in [3.63, 3.8) is 0 Å². The summed E-state index contributed by atoms with van der Waals surface area (Å²) in [5, 5.41) is 6.15. The maximum absolute atomic E-state index is 11.9. The van der Waals surface area contributed by atoms with Crippen molar-refractivity contribution in [1.82, 2.24) is 10.6 Å². The van der Waals surface area contributed by atoms with Gasteiger partial charge in [0.2, 0.25) is 5.91 Å². The normalized spacial score (nSPS) is 27.2. The standard InChI is InChI=1S/C15H30N2O.ClH/c1-11-6-13(9-15(3,4)8-11)7-14(18)17-10-12(2)16-5;/h11-13,16H,6-10H2,1-5H3,(H,17,18);1H. The van der Waals surface area contributed by atoms with Gasteiger partial charge in [-0.2, -0.15) is 0 Å². The van der Waals surface area contributed by atoms with Gasteiger partial charge in [-0.3, -0.25) is 4.79 Å². The third-order valence-corrected chi connectivity index (χ3v) is 4.05. The number of amides is 1. The van der Waals surface area contributed by atoms with E-state index in [0.717, 1.165) is 12.5 Å². The van der Waals surface area contributed by atoms with Crippen LogP contribution in [0.5, 0.6) is 0 Å². The Hall–Kier alpha value is -0.280. The fourth-order valence-electron chi connectivity index (χ4n) is 3.40. The van der Waals surface area contributed by atoms with Gasteiger partial charge in [-0.1, -0.05) is 20.8 Å². The van der Waals surface area contributed by atoms with Crippen LogP contribution in [0.25, 0.3) is 0 Å². The first kappa shape index (κ1) is 18.7. The lowest BCUT2D eigenvalue weighted by atomic mass is 9.67. The van der Waals surface area contributed by atoms with Gasteiger partial charge in [0.1, 0.15) is 0 Å². The molecule has 3 atom stereocenters. The molecule has 0 aromatic heterocycles. The fraction of sp³-hybridized carbons (Fsp3) is 0.933. The van der Waals surface area contributed by atoms with E-state index in [1.165, 1.54) is 19.3 Å². The third kappa shape index (κ3) is 7.17. The molecule has 0 spiro atoms. The van der Waals surface area contributed by atoms with E-state index in [1.54, 1.807) is 0 Å². The highest BCUT2D eigenvalue weighted by atomic mass is 35.5. The minimum absolute atomic E-state index is 0. The average Bonchev–Trinajstić information content (AvgIpc) is 2.22. The maximum Gasteiger partial charge on any atom is 0.220 e. The summed E-state index contributed by atoms with van der Waals surface area (Å²) in [6, 6.07) is 0.343. The van der Waals surface area contributed by atoms with Crippen molar-refractivity contribution < 1.29 is 4.79 Å². The number of likely N-dealkylation sites (N-methyl/N-ethyl adjacent to an activating group) is 1. The molecule has 1 saturated carbocycles. The molecule has 1 aliphatic carbocycles. The van der Waals surface area contributed by atoms with Crippen LogP contribution in [0.4, 0.5) is 0 Å². The Kier molecular flexibility index (Phi) is 7.99. The number of hydrogen-bond acceptors (Lipinski definition) is 2. The summed E-state index contributed by atoms with van der Waals surface area (Å²) in [4.78, 5) is 11.9. The Labute approximate surface area is 124 Å². The Morgan fingerprint density at radius 3 is 2.53 bits per heavy atom. The van der Waals surface area contributed by atoms with Crippen molar-refractivity contribution in [3.05, 3.63) is 0 Å². The van der Waals surface area contributed by atoms with E-state index in [2.05, 4.69) is 38.3 Å². The Bertz CT molecular complexity index is 281. The molecule has 0 aliphatic heterocycles. The summed E-state index contributed by atoms with van der Waals surface area (Å²) in [6.45, 7) is 9.77. The second kappa shape index (κ2) is 8.11. The predicted octanol–water partition coefficient (Wildman–Crippen LogP) is 2.98. The molecule has 0 radical (unpaired) electrons. The molecule has 3 unspecified atom stereocenters. The molecule has 0 aromatic rings. The minimum atomic E-state index is 0. The van der Waals surface area contributed by atoms with Crippen LogP contribution in [0.3, 0.4) is 0 Å². The van der Waals surface area contributed by atoms with Crippen LogP contribution in [0.2, 0.25) is 0 Å². The number of carbonyl (C=O) groups is 1. The summed E-state index contributed by atoms with van der Waals surface area (Å²) in [5.74, 6) is 1.53. The molecule has 1 rings (SSSR count). The van der Waals surface area contributed by atoms with Gasteiger partial charge < -0.3 is 10.6 Å². The molecule has 1 amide bonds. The lowest BCUT2D eigenvalue weighted by Crippen LogP contribution is -2.38. The van der Waals surface area contributed by atoms with Crippen LogP contribution in [-0.2, 0) is 4.79 Å². The van der Waals surface area contributed by atoms with E-state index in [-0.39, 0.29) is 18.3 Å². The number of nitrogens with one attached hydrogen (secondary N) is 2. The molecule has 4 heteroatoms. The number of rotatable bonds is 5. The summed E-state index contributed by atoms with van der Waals surface area (Å²) >= 11 is 0. The maximum atomic E-state index is 11.9. The molecule has 3 nitrogen and oxygen atoms in total. The molecule has 1 fully saturated rings. The third-order valence-electron chi connectivity index (χ3n) is 4.05. The Morgan fingerprint density at radius 2 is 2.00 bits per heavy atom. The molecule has 0 saturated heterocycles. The van der Waals surface area contributed by atoms with E-state index < -0.39 is 0 Å². The van der Waals surface area contributed by atoms with E-state index in [0.29, 0.717) is 23.8 Å². The highest BCUT2D eigenvalue weighted by molar-refractivity contribution is 5.85. The van der Waals surface area contributed by atoms with Crippen molar-refractivity contribution in [2.24, 2.45) is 17.3 Å². The van der Waals surface area contributed by atoms with Gasteiger partial charge in [0.05, 0.1) is 0 Å². The largest absolute Gasteiger partial charge is 0.355 e. The van der Waals surface area contributed by atoms with Gasteiger partial charge in [-0.05, 0) is 50.5 Å². The second-order valence-corrected chi connectivity index (χ2v) is 6.98. The summed E-state index contributed by atoms with van der Waals surface area (Å²) in [6.07, 6.45) is 4.39. The molecule has 1 aliphatic rings. The van der Waals surface area contributed by atoms with Crippen LogP contribution in [0, 0.1) is 17.3 Å². The van der Waals surface area contributed by atoms with Gasteiger partial charge in [0.15, 0.2) is 0 Å². The molecule has 19 heavy (non-hydrogen) atoms. The number of halogens is 1. The highest BCUT2D eigenvalue weighted by Crippen LogP contribution is 2.42. The highest BCUT2D eigenvalue weighted by Gasteiger charge is 2.32. The zero-order valence-electron chi connectivity index (χ0n) is 13.1. The SMILES string of the molecule is CNC(C)CNC(=O)CC1CC(C)CC(C)(C)C1.Cl. The first-order valence-corrected chi connectivity index (χ1v) is 7.26. The van der Waals surface area contributed by atoms with Gasteiger partial charge in [0.25, 0.3) is 0 Å². The zero-order valence-corrected chi connectivity index (χ0v) is 13.9. The molecule has 0 bridgehead atoms. The van der Waals surface area contributed by atoms with Crippen LogP contribution in [-0.4, -0.2) is 25.5 Å². The molecular formula is C15H31ClN2O. The van der Waals surface area contributed by atoms with E-state index in [9.17, 15) is 4.79 Å². The summed E-state index contributed by atoms with van der Waals surface area (Å²) < 4.78 is 0. The number of carbonyl (C=O) groups excluding carboxylic acids is 1. The summed E-state index contributed by atoms with van der Waals surface area (Å²) in [7, 11) is 1.92. The topological polar surface area (TPSA) is 41.1 Å². The van der Waals surface area contributed by atoms with Crippen LogP contribution >= 0.6 is 12.4 Å². The van der Waals surface area contributed by atoms with Crippen LogP contribution in [0.15, 0.2) is 0 Å². The van der Waals surface area contributed by atoms with Gasteiger partial charge in [-0.15, -0.1) is 12.4 Å². The van der Waals surface area contributed by atoms with Crippen molar-refractivity contribution >= 4 is 18.3 Å². The van der Waals surface area contributed by atoms with E-state index in [1.807, 2.05) is 7.05 Å².